The second-order valence-corrected chi connectivity index (χ2v) is 6.98. The minimum atomic E-state index is -0.382. The van der Waals surface area contributed by atoms with Gasteiger partial charge in [-0.2, -0.15) is 4.98 Å². The molecule has 28 heavy (non-hydrogen) atoms. The summed E-state index contributed by atoms with van der Waals surface area (Å²) in [5.74, 6) is 0.876. The van der Waals surface area contributed by atoms with Gasteiger partial charge in [0.25, 0.3) is 0 Å². The number of pyridine rings is 1. The van der Waals surface area contributed by atoms with Crippen molar-refractivity contribution < 1.29 is 9.32 Å². The Morgan fingerprint density at radius 2 is 2.00 bits per heavy atom. The molecule has 1 aliphatic heterocycles. The summed E-state index contributed by atoms with van der Waals surface area (Å²) < 4.78 is 5.18. The van der Waals surface area contributed by atoms with Crippen molar-refractivity contribution in [3.05, 3.63) is 59.6 Å². The summed E-state index contributed by atoms with van der Waals surface area (Å²) in [7, 11) is 0. The second-order valence-electron chi connectivity index (χ2n) is 6.98. The van der Waals surface area contributed by atoms with Crippen molar-refractivity contribution in [1.82, 2.24) is 20.4 Å². The number of piperidine rings is 1. The molecule has 0 bridgehead atoms. The highest BCUT2D eigenvalue weighted by Crippen LogP contribution is 2.23. The van der Waals surface area contributed by atoms with Gasteiger partial charge in [-0.05, 0) is 49.4 Å². The highest BCUT2D eigenvalue weighted by atomic mass is 16.5. The molecule has 0 spiro atoms. The number of nitrogens with one attached hydrogen (secondary N) is 1. The van der Waals surface area contributed by atoms with E-state index in [0.29, 0.717) is 12.4 Å². The van der Waals surface area contributed by atoms with Crippen LogP contribution >= 0.6 is 0 Å². The van der Waals surface area contributed by atoms with E-state index in [1.165, 1.54) is 19.3 Å². The smallest absolute Gasteiger partial charge is 0.316 e. The fourth-order valence-corrected chi connectivity index (χ4v) is 3.35. The monoisotopic (exact) mass is 377 g/mol. The summed E-state index contributed by atoms with van der Waals surface area (Å²) >= 11 is 0. The summed E-state index contributed by atoms with van der Waals surface area (Å²) in [4.78, 5) is 23.4. The van der Waals surface area contributed by atoms with Crippen LogP contribution < -0.4 is 10.2 Å². The minimum absolute atomic E-state index is 0.0417. The maximum atomic E-state index is 12.4. The van der Waals surface area contributed by atoms with Crippen LogP contribution in [0.15, 0.2) is 47.1 Å². The van der Waals surface area contributed by atoms with E-state index in [1.54, 1.807) is 6.20 Å². The standard InChI is InChI=1S/C21H23N5O2/c1-15-7-3-4-8-17(15)14-23-20(27)21-24-19(25-28-21)16-9-10-22-18(13-16)26-11-5-2-6-12-26/h3-4,7-10,13H,2,5-6,11-12,14H2,1H3,(H,23,27). The highest BCUT2D eigenvalue weighted by molar-refractivity contribution is 5.89. The number of aromatic nitrogens is 3. The van der Waals surface area contributed by atoms with E-state index >= 15 is 0 Å². The van der Waals surface area contributed by atoms with Gasteiger partial charge in [0, 0.05) is 31.4 Å². The molecule has 144 valence electrons. The van der Waals surface area contributed by atoms with E-state index in [2.05, 4.69) is 25.3 Å². The number of rotatable bonds is 5. The minimum Gasteiger partial charge on any atom is -0.357 e. The normalized spacial score (nSPS) is 14.1. The molecule has 3 heterocycles. The molecule has 0 saturated carbocycles. The van der Waals surface area contributed by atoms with Crippen LogP contribution in [0.1, 0.15) is 41.1 Å². The maximum absolute atomic E-state index is 12.4. The van der Waals surface area contributed by atoms with E-state index in [4.69, 9.17) is 4.52 Å². The van der Waals surface area contributed by atoms with Crippen molar-refractivity contribution in [1.29, 1.82) is 0 Å². The number of carbonyl (C=O) groups is 1. The quantitative estimate of drug-likeness (QED) is 0.734. The number of nitrogens with zero attached hydrogens (tertiary/aromatic N) is 4. The lowest BCUT2D eigenvalue weighted by Gasteiger charge is -2.27. The molecular formula is C21H23N5O2. The average Bonchev–Trinajstić information content (AvgIpc) is 3.24. The van der Waals surface area contributed by atoms with Gasteiger partial charge in [0.05, 0.1) is 0 Å². The summed E-state index contributed by atoms with van der Waals surface area (Å²) in [6.45, 7) is 4.44. The van der Waals surface area contributed by atoms with Crippen LogP contribution in [0.25, 0.3) is 11.4 Å². The zero-order valence-electron chi connectivity index (χ0n) is 15.9. The summed E-state index contributed by atoms with van der Waals surface area (Å²) in [5, 5.41) is 6.80. The zero-order valence-corrected chi connectivity index (χ0v) is 15.9. The number of hydrogen-bond acceptors (Lipinski definition) is 6. The van der Waals surface area contributed by atoms with Crippen molar-refractivity contribution in [2.24, 2.45) is 0 Å². The summed E-state index contributed by atoms with van der Waals surface area (Å²) in [5.41, 5.74) is 2.96. The lowest BCUT2D eigenvalue weighted by Crippen LogP contribution is -2.30. The van der Waals surface area contributed by atoms with Gasteiger partial charge in [-0.3, -0.25) is 4.79 Å². The molecule has 7 nitrogen and oxygen atoms in total. The Balaban J connectivity index is 1.45. The van der Waals surface area contributed by atoms with E-state index in [0.717, 1.165) is 35.6 Å². The van der Waals surface area contributed by atoms with Crippen LogP contribution in [0.2, 0.25) is 0 Å². The van der Waals surface area contributed by atoms with E-state index < -0.39 is 0 Å². The van der Waals surface area contributed by atoms with Crippen LogP contribution in [0.3, 0.4) is 0 Å². The third kappa shape index (κ3) is 4.03. The molecule has 0 unspecified atom stereocenters. The summed E-state index contributed by atoms with van der Waals surface area (Å²) in [6.07, 6.45) is 5.37. The van der Waals surface area contributed by atoms with E-state index in [-0.39, 0.29) is 11.8 Å². The van der Waals surface area contributed by atoms with Crippen molar-refractivity contribution in [3.8, 4) is 11.4 Å². The molecule has 3 aromatic rings. The van der Waals surface area contributed by atoms with Gasteiger partial charge < -0.3 is 14.7 Å². The average molecular weight is 377 g/mol. The molecule has 0 radical (unpaired) electrons. The first-order valence-electron chi connectivity index (χ1n) is 9.58. The van der Waals surface area contributed by atoms with Crippen molar-refractivity contribution in [3.63, 3.8) is 0 Å². The van der Waals surface area contributed by atoms with Gasteiger partial charge in [-0.15, -0.1) is 0 Å². The number of amides is 1. The fourth-order valence-electron chi connectivity index (χ4n) is 3.35. The van der Waals surface area contributed by atoms with Crippen molar-refractivity contribution in [2.45, 2.75) is 32.7 Å². The molecule has 4 rings (SSSR count). The Bertz CT molecular complexity index is 963. The van der Waals surface area contributed by atoms with Crippen LogP contribution in [0.5, 0.6) is 0 Å². The van der Waals surface area contributed by atoms with Gasteiger partial charge in [0.2, 0.25) is 5.82 Å². The number of carbonyl (C=O) groups excluding carboxylic acids is 1. The van der Waals surface area contributed by atoms with Gasteiger partial charge in [-0.25, -0.2) is 4.98 Å². The molecule has 2 aromatic heterocycles. The topological polar surface area (TPSA) is 84.2 Å². The molecule has 1 saturated heterocycles. The zero-order chi connectivity index (χ0) is 19.3. The lowest BCUT2D eigenvalue weighted by molar-refractivity contribution is 0.0907. The van der Waals surface area contributed by atoms with Crippen molar-refractivity contribution in [2.75, 3.05) is 18.0 Å². The third-order valence-electron chi connectivity index (χ3n) is 5.00. The molecule has 1 aromatic carbocycles. The SMILES string of the molecule is Cc1ccccc1CNC(=O)c1nc(-c2ccnc(N3CCCCC3)c2)no1. The molecule has 7 heteroatoms. The predicted octanol–water partition coefficient (Wildman–Crippen LogP) is 3.36. The van der Waals surface area contributed by atoms with Crippen LogP contribution in [0, 0.1) is 6.92 Å². The van der Waals surface area contributed by atoms with Gasteiger partial charge >= 0.3 is 11.8 Å². The Kier molecular flexibility index (Phi) is 5.32. The van der Waals surface area contributed by atoms with Gasteiger partial charge in [0.1, 0.15) is 5.82 Å². The van der Waals surface area contributed by atoms with Crippen LogP contribution in [-0.4, -0.2) is 34.1 Å². The van der Waals surface area contributed by atoms with Gasteiger partial charge in [-0.1, -0.05) is 29.4 Å². The van der Waals surface area contributed by atoms with Crippen molar-refractivity contribution >= 4 is 11.7 Å². The Labute approximate surface area is 163 Å². The Morgan fingerprint density at radius 3 is 2.82 bits per heavy atom. The molecule has 0 aliphatic carbocycles. The number of anilines is 1. The maximum Gasteiger partial charge on any atom is 0.316 e. The number of benzene rings is 1. The molecule has 0 atom stereocenters. The molecular weight excluding hydrogens is 354 g/mol. The molecule has 1 amide bonds. The first-order chi connectivity index (χ1) is 13.7. The highest BCUT2D eigenvalue weighted by Gasteiger charge is 2.18. The van der Waals surface area contributed by atoms with Crippen LogP contribution in [-0.2, 0) is 6.54 Å². The van der Waals surface area contributed by atoms with E-state index in [1.807, 2.05) is 43.3 Å². The largest absolute Gasteiger partial charge is 0.357 e. The first-order valence-corrected chi connectivity index (χ1v) is 9.58. The summed E-state index contributed by atoms with van der Waals surface area (Å²) in [6, 6.07) is 11.7. The first kappa shape index (κ1) is 18.2. The lowest BCUT2D eigenvalue weighted by atomic mass is 10.1. The number of aryl methyl sites for hydroxylation is 1. The fraction of sp³-hybridized carbons (Fsp3) is 0.333. The molecule has 1 N–H and O–H groups in total. The third-order valence-corrected chi connectivity index (χ3v) is 5.00. The van der Waals surface area contributed by atoms with Gasteiger partial charge in [0.15, 0.2) is 0 Å². The predicted molar refractivity (Wildman–Crippen MR) is 106 cm³/mol. The molecule has 1 fully saturated rings. The van der Waals surface area contributed by atoms with E-state index in [9.17, 15) is 4.79 Å². The Morgan fingerprint density at radius 1 is 1.18 bits per heavy atom. The Hall–Kier alpha value is -3.22. The number of hydrogen-bond donors (Lipinski definition) is 1. The van der Waals surface area contributed by atoms with Crippen LogP contribution in [0.4, 0.5) is 5.82 Å². The second kappa shape index (κ2) is 8.21. The molecule has 1 aliphatic rings.